The molecule has 1 aliphatic carbocycles. The molecule has 0 amide bonds. The number of ether oxygens (including phenoxy) is 1. The van der Waals surface area contributed by atoms with E-state index in [2.05, 4.69) is 17.7 Å². The van der Waals surface area contributed by atoms with Crippen molar-refractivity contribution in [2.45, 2.75) is 96.5 Å². The molecule has 1 unspecified atom stereocenters. The number of hydrogen-bond acceptors (Lipinski definition) is 4. The van der Waals surface area contributed by atoms with Crippen molar-refractivity contribution < 1.29 is 19.4 Å². The van der Waals surface area contributed by atoms with Crippen molar-refractivity contribution in [1.82, 2.24) is 0 Å². The molecule has 0 heterocycles. The van der Waals surface area contributed by atoms with Gasteiger partial charge in [0.15, 0.2) is 0 Å². The largest absolute Gasteiger partial charge is 0.469 e. The van der Waals surface area contributed by atoms with Gasteiger partial charge in [0.25, 0.3) is 0 Å². The lowest BCUT2D eigenvalue weighted by Gasteiger charge is -2.21. The van der Waals surface area contributed by atoms with E-state index in [4.69, 9.17) is 0 Å². The third kappa shape index (κ3) is 8.98. The molecule has 0 aromatic carbocycles. The van der Waals surface area contributed by atoms with Crippen LogP contribution in [0, 0.1) is 11.8 Å². The Morgan fingerprint density at radius 3 is 2.65 bits per heavy atom. The van der Waals surface area contributed by atoms with Gasteiger partial charge < -0.3 is 9.84 Å². The molecule has 1 rings (SSSR count). The molecule has 26 heavy (non-hydrogen) atoms. The number of unbranched alkanes of at least 4 members (excludes halogenated alkanes) is 5. The van der Waals surface area contributed by atoms with Crippen molar-refractivity contribution in [2.75, 3.05) is 7.11 Å². The molecule has 0 saturated heterocycles. The Balaban J connectivity index is 2.35. The molecule has 1 fully saturated rings. The topological polar surface area (TPSA) is 63.6 Å². The van der Waals surface area contributed by atoms with Gasteiger partial charge in [-0.1, -0.05) is 57.6 Å². The van der Waals surface area contributed by atoms with Gasteiger partial charge in [0, 0.05) is 18.8 Å². The van der Waals surface area contributed by atoms with E-state index in [1.54, 1.807) is 0 Å². The van der Waals surface area contributed by atoms with Gasteiger partial charge in [-0.25, -0.2) is 0 Å². The molecule has 0 bridgehead atoms. The molecule has 0 aromatic heterocycles. The van der Waals surface area contributed by atoms with Crippen LogP contribution in [-0.4, -0.2) is 29.6 Å². The van der Waals surface area contributed by atoms with E-state index in [-0.39, 0.29) is 17.8 Å². The van der Waals surface area contributed by atoms with E-state index in [0.717, 1.165) is 64.2 Å². The summed E-state index contributed by atoms with van der Waals surface area (Å²) in [5.74, 6) is 0.612. The average molecular weight is 367 g/mol. The van der Waals surface area contributed by atoms with Gasteiger partial charge in [-0.05, 0) is 38.5 Å². The Morgan fingerprint density at radius 2 is 1.96 bits per heavy atom. The number of esters is 1. The number of carbonyl (C=O) groups excluding carboxylic acids is 2. The van der Waals surface area contributed by atoms with Crippen molar-refractivity contribution in [3.8, 4) is 0 Å². The summed E-state index contributed by atoms with van der Waals surface area (Å²) < 4.78 is 4.64. The fourth-order valence-electron chi connectivity index (χ4n) is 3.78. The second kappa shape index (κ2) is 12.3. The maximum Gasteiger partial charge on any atom is 0.305 e. The molecule has 3 atom stereocenters. The SMILES string of the molecule is CCCCCC(C)(O)C=C[C@@H]1CCC(=O)[C@H]1CCCCCCC(=O)OC. The number of methoxy groups -OCH3 is 1. The summed E-state index contributed by atoms with van der Waals surface area (Å²) in [6, 6.07) is 0. The zero-order valence-corrected chi connectivity index (χ0v) is 17.0. The molecule has 0 aliphatic heterocycles. The summed E-state index contributed by atoms with van der Waals surface area (Å²) in [7, 11) is 1.42. The van der Waals surface area contributed by atoms with E-state index in [9.17, 15) is 14.7 Å². The number of aliphatic hydroxyl groups is 1. The van der Waals surface area contributed by atoms with Gasteiger partial charge in [-0.15, -0.1) is 0 Å². The Labute approximate surface area is 159 Å². The van der Waals surface area contributed by atoms with Gasteiger partial charge in [0.2, 0.25) is 0 Å². The Morgan fingerprint density at radius 1 is 1.23 bits per heavy atom. The van der Waals surface area contributed by atoms with Crippen LogP contribution in [0.3, 0.4) is 0 Å². The standard InChI is InChI=1S/C22H38O4/c1-4-5-10-16-22(2,25)17-15-18-13-14-20(23)19(18)11-8-6-7-9-12-21(24)26-3/h15,17-19,25H,4-14,16H2,1-3H3/t18-,19-,22?/m0/s1. The minimum Gasteiger partial charge on any atom is -0.469 e. The first-order chi connectivity index (χ1) is 12.4. The van der Waals surface area contributed by atoms with Crippen molar-refractivity contribution in [3.05, 3.63) is 12.2 Å². The fourth-order valence-corrected chi connectivity index (χ4v) is 3.78. The maximum absolute atomic E-state index is 12.2. The summed E-state index contributed by atoms with van der Waals surface area (Å²) in [5, 5.41) is 10.5. The van der Waals surface area contributed by atoms with E-state index >= 15 is 0 Å². The summed E-state index contributed by atoms with van der Waals surface area (Å²) in [6.45, 7) is 4.03. The molecule has 0 aromatic rings. The van der Waals surface area contributed by atoms with Crippen LogP contribution in [0.2, 0.25) is 0 Å². The monoisotopic (exact) mass is 366 g/mol. The highest BCUT2D eigenvalue weighted by Gasteiger charge is 2.32. The summed E-state index contributed by atoms with van der Waals surface area (Å²) >= 11 is 0. The molecular weight excluding hydrogens is 328 g/mol. The van der Waals surface area contributed by atoms with E-state index < -0.39 is 5.60 Å². The van der Waals surface area contributed by atoms with Crippen molar-refractivity contribution >= 4 is 11.8 Å². The Bertz CT molecular complexity index is 453. The number of allylic oxidation sites excluding steroid dienone is 1. The summed E-state index contributed by atoms with van der Waals surface area (Å²) in [5.41, 5.74) is -0.765. The van der Waals surface area contributed by atoms with Gasteiger partial charge in [0.05, 0.1) is 12.7 Å². The van der Waals surface area contributed by atoms with Crippen LogP contribution < -0.4 is 0 Å². The molecule has 0 spiro atoms. The highest BCUT2D eigenvalue weighted by atomic mass is 16.5. The molecule has 4 nitrogen and oxygen atoms in total. The predicted molar refractivity (Wildman–Crippen MR) is 105 cm³/mol. The first-order valence-electron chi connectivity index (χ1n) is 10.4. The van der Waals surface area contributed by atoms with Crippen LogP contribution in [0.25, 0.3) is 0 Å². The van der Waals surface area contributed by atoms with Gasteiger partial charge >= 0.3 is 5.97 Å². The predicted octanol–water partition coefficient (Wildman–Crippen LogP) is 4.98. The summed E-state index contributed by atoms with van der Waals surface area (Å²) in [6.07, 6.45) is 15.0. The number of Topliss-reactive ketones (excluding diaryl/α,β-unsaturated/α-hetero) is 1. The lowest BCUT2D eigenvalue weighted by molar-refractivity contribution is -0.140. The first kappa shape index (κ1) is 22.9. The second-order valence-electron chi connectivity index (χ2n) is 7.98. The maximum atomic E-state index is 12.2. The van der Waals surface area contributed by atoms with Crippen LogP contribution in [-0.2, 0) is 14.3 Å². The molecule has 1 N–H and O–H groups in total. The lowest BCUT2D eigenvalue weighted by atomic mass is 9.87. The van der Waals surface area contributed by atoms with Crippen LogP contribution in [0.4, 0.5) is 0 Å². The second-order valence-corrected chi connectivity index (χ2v) is 7.98. The molecule has 0 radical (unpaired) electrons. The number of ketones is 1. The normalized spacial score (nSPS) is 22.7. The average Bonchev–Trinajstić information content (AvgIpc) is 2.96. The Hall–Kier alpha value is -1.16. The summed E-state index contributed by atoms with van der Waals surface area (Å²) in [4.78, 5) is 23.3. The molecular formula is C22H38O4. The minimum absolute atomic E-state index is 0.110. The molecule has 1 saturated carbocycles. The van der Waals surface area contributed by atoms with Crippen molar-refractivity contribution in [3.63, 3.8) is 0 Å². The number of carbonyl (C=O) groups is 2. The quantitative estimate of drug-likeness (QED) is 0.283. The zero-order chi connectivity index (χ0) is 19.4. The highest BCUT2D eigenvalue weighted by Crippen LogP contribution is 2.34. The first-order valence-corrected chi connectivity index (χ1v) is 10.4. The van der Waals surface area contributed by atoms with Crippen LogP contribution >= 0.6 is 0 Å². The van der Waals surface area contributed by atoms with E-state index in [1.807, 2.05) is 13.0 Å². The zero-order valence-electron chi connectivity index (χ0n) is 17.0. The lowest BCUT2D eigenvalue weighted by Crippen LogP contribution is -2.21. The molecule has 4 heteroatoms. The fraction of sp³-hybridized carbons (Fsp3) is 0.818. The van der Waals surface area contributed by atoms with E-state index in [1.165, 1.54) is 7.11 Å². The highest BCUT2D eigenvalue weighted by molar-refractivity contribution is 5.83. The van der Waals surface area contributed by atoms with Crippen molar-refractivity contribution in [2.24, 2.45) is 11.8 Å². The number of rotatable bonds is 13. The van der Waals surface area contributed by atoms with Crippen molar-refractivity contribution in [1.29, 1.82) is 0 Å². The molecule has 150 valence electrons. The minimum atomic E-state index is -0.765. The van der Waals surface area contributed by atoms with Gasteiger partial charge in [-0.2, -0.15) is 0 Å². The third-order valence-electron chi connectivity index (χ3n) is 5.52. The van der Waals surface area contributed by atoms with Crippen LogP contribution in [0.1, 0.15) is 90.9 Å². The molecule has 1 aliphatic rings. The van der Waals surface area contributed by atoms with Crippen LogP contribution in [0.5, 0.6) is 0 Å². The van der Waals surface area contributed by atoms with Crippen LogP contribution in [0.15, 0.2) is 12.2 Å². The third-order valence-corrected chi connectivity index (χ3v) is 5.52. The number of hydrogen-bond donors (Lipinski definition) is 1. The van der Waals surface area contributed by atoms with Gasteiger partial charge in [0.1, 0.15) is 5.78 Å². The Kier molecular flexibility index (Phi) is 10.8. The van der Waals surface area contributed by atoms with Gasteiger partial charge in [-0.3, -0.25) is 9.59 Å². The smallest absolute Gasteiger partial charge is 0.305 e. The van der Waals surface area contributed by atoms with E-state index in [0.29, 0.717) is 18.6 Å².